The maximum Gasteiger partial charge on any atom is 0.322 e. The number of anilines is 1. The lowest BCUT2D eigenvalue weighted by Gasteiger charge is -2.03. The van der Waals surface area contributed by atoms with E-state index in [0.717, 1.165) is 6.26 Å². The first-order valence-corrected chi connectivity index (χ1v) is 11.9. The second-order valence-corrected chi connectivity index (χ2v) is 10.3. The van der Waals surface area contributed by atoms with Crippen molar-refractivity contribution < 1.29 is 26.0 Å². The molecule has 1 N–H and O–H groups in total. The standard InChI is InChI=1S/C18H17N3O6S2/c1-28(23,24)15-9-5-6-13(12-15)17(22)19-18-21-20-16(27-18)10-11-29(25,26)14-7-3-2-4-8-14/h2-9,12H,10-11H2,1H3,(H,19,21,22). The van der Waals surface area contributed by atoms with Crippen LogP contribution in [-0.4, -0.2) is 44.9 Å². The summed E-state index contributed by atoms with van der Waals surface area (Å²) in [5, 5.41) is 9.75. The van der Waals surface area contributed by atoms with Crippen LogP contribution >= 0.6 is 0 Å². The van der Waals surface area contributed by atoms with E-state index in [1.165, 1.54) is 36.4 Å². The van der Waals surface area contributed by atoms with Gasteiger partial charge in [0.2, 0.25) is 5.89 Å². The quantitative estimate of drug-likeness (QED) is 0.593. The minimum Gasteiger partial charge on any atom is -0.408 e. The fourth-order valence-corrected chi connectivity index (χ4v) is 4.33. The fourth-order valence-electron chi connectivity index (χ4n) is 2.41. The number of hydrogen-bond donors (Lipinski definition) is 1. The van der Waals surface area contributed by atoms with E-state index in [-0.39, 0.29) is 39.4 Å². The minimum atomic E-state index is -3.51. The summed E-state index contributed by atoms with van der Waals surface area (Å²) < 4.78 is 53.0. The Bertz CT molecular complexity index is 1240. The van der Waals surface area contributed by atoms with E-state index in [0.29, 0.717) is 0 Å². The average molecular weight is 435 g/mol. The van der Waals surface area contributed by atoms with Crippen LogP contribution in [0.2, 0.25) is 0 Å². The Morgan fingerprint density at radius 1 is 0.966 bits per heavy atom. The Hall–Kier alpha value is -3.05. The molecular formula is C18H17N3O6S2. The van der Waals surface area contributed by atoms with Crippen LogP contribution in [0.5, 0.6) is 0 Å². The summed E-state index contributed by atoms with van der Waals surface area (Å²) >= 11 is 0. The van der Waals surface area contributed by atoms with E-state index in [1.54, 1.807) is 18.2 Å². The number of nitrogens with zero attached hydrogens (tertiary/aromatic N) is 2. The maximum atomic E-state index is 12.3. The van der Waals surface area contributed by atoms with Gasteiger partial charge in [0, 0.05) is 18.2 Å². The van der Waals surface area contributed by atoms with Gasteiger partial charge in [-0.1, -0.05) is 29.4 Å². The van der Waals surface area contributed by atoms with Gasteiger partial charge in [-0.05, 0) is 30.3 Å². The van der Waals surface area contributed by atoms with Crippen molar-refractivity contribution in [2.75, 3.05) is 17.3 Å². The molecule has 1 heterocycles. The zero-order valence-electron chi connectivity index (χ0n) is 15.3. The van der Waals surface area contributed by atoms with Crippen LogP contribution in [0.25, 0.3) is 0 Å². The Morgan fingerprint density at radius 2 is 1.66 bits per heavy atom. The van der Waals surface area contributed by atoms with Crippen molar-refractivity contribution in [2.45, 2.75) is 16.2 Å². The predicted molar refractivity (Wildman–Crippen MR) is 104 cm³/mol. The zero-order valence-corrected chi connectivity index (χ0v) is 16.9. The number of carbonyl (C=O) groups excluding carboxylic acids is 1. The predicted octanol–water partition coefficient (Wildman–Crippen LogP) is 1.74. The molecule has 0 aliphatic carbocycles. The summed E-state index contributed by atoms with van der Waals surface area (Å²) in [6.45, 7) is 0. The molecular weight excluding hydrogens is 418 g/mol. The molecule has 0 saturated carbocycles. The second-order valence-electron chi connectivity index (χ2n) is 6.14. The zero-order chi connectivity index (χ0) is 21.1. The summed E-state index contributed by atoms with van der Waals surface area (Å²) in [6, 6.07) is 13.3. The van der Waals surface area contributed by atoms with E-state index in [9.17, 15) is 21.6 Å². The summed E-state index contributed by atoms with van der Waals surface area (Å²) in [6.07, 6.45) is 1.02. The van der Waals surface area contributed by atoms with Gasteiger partial charge in [-0.15, -0.1) is 5.10 Å². The monoisotopic (exact) mass is 435 g/mol. The molecule has 0 radical (unpaired) electrons. The van der Waals surface area contributed by atoms with Crippen LogP contribution in [0.15, 0.2) is 68.8 Å². The minimum absolute atomic E-state index is 0.00230. The van der Waals surface area contributed by atoms with E-state index in [1.807, 2.05) is 0 Å². The highest BCUT2D eigenvalue weighted by molar-refractivity contribution is 7.91. The summed E-state index contributed by atoms with van der Waals surface area (Å²) in [4.78, 5) is 12.5. The number of aromatic nitrogens is 2. The number of nitrogens with one attached hydrogen (secondary N) is 1. The third-order valence-electron chi connectivity index (χ3n) is 3.90. The van der Waals surface area contributed by atoms with Gasteiger partial charge in [0.1, 0.15) is 0 Å². The molecule has 1 amide bonds. The third kappa shape index (κ3) is 5.27. The van der Waals surface area contributed by atoms with Gasteiger partial charge in [0.15, 0.2) is 19.7 Å². The lowest BCUT2D eigenvalue weighted by molar-refractivity contribution is 0.102. The van der Waals surface area contributed by atoms with Gasteiger partial charge in [-0.3, -0.25) is 10.1 Å². The van der Waals surface area contributed by atoms with E-state index in [4.69, 9.17) is 4.42 Å². The average Bonchev–Trinajstić information content (AvgIpc) is 3.14. The van der Waals surface area contributed by atoms with Gasteiger partial charge >= 0.3 is 6.01 Å². The highest BCUT2D eigenvalue weighted by Crippen LogP contribution is 2.15. The van der Waals surface area contributed by atoms with E-state index >= 15 is 0 Å². The first-order chi connectivity index (χ1) is 13.6. The van der Waals surface area contributed by atoms with Crippen molar-refractivity contribution in [3.05, 3.63) is 66.1 Å². The maximum absolute atomic E-state index is 12.3. The van der Waals surface area contributed by atoms with Crippen LogP contribution in [0.4, 0.5) is 6.01 Å². The molecule has 0 bridgehead atoms. The van der Waals surface area contributed by atoms with Crippen LogP contribution < -0.4 is 5.32 Å². The van der Waals surface area contributed by atoms with Crippen molar-refractivity contribution in [2.24, 2.45) is 0 Å². The molecule has 152 valence electrons. The summed E-state index contributed by atoms with van der Waals surface area (Å²) in [7, 11) is -6.97. The van der Waals surface area contributed by atoms with Gasteiger partial charge in [-0.2, -0.15) is 0 Å². The lowest BCUT2D eigenvalue weighted by Crippen LogP contribution is -2.13. The molecule has 0 unspecified atom stereocenters. The molecule has 0 aliphatic heterocycles. The Balaban J connectivity index is 1.66. The van der Waals surface area contributed by atoms with Gasteiger partial charge in [0.05, 0.1) is 15.5 Å². The fraction of sp³-hybridized carbons (Fsp3) is 0.167. The first-order valence-electron chi connectivity index (χ1n) is 8.37. The van der Waals surface area contributed by atoms with Crippen molar-refractivity contribution in [1.82, 2.24) is 10.2 Å². The molecule has 0 saturated heterocycles. The Labute approximate surface area is 167 Å². The van der Waals surface area contributed by atoms with Crippen molar-refractivity contribution in [1.29, 1.82) is 0 Å². The van der Waals surface area contributed by atoms with Crippen LogP contribution in [0.1, 0.15) is 16.2 Å². The van der Waals surface area contributed by atoms with Crippen molar-refractivity contribution >= 4 is 31.6 Å². The number of carbonyl (C=O) groups is 1. The molecule has 29 heavy (non-hydrogen) atoms. The topological polar surface area (TPSA) is 136 Å². The highest BCUT2D eigenvalue weighted by atomic mass is 32.2. The second kappa shape index (κ2) is 8.13. The normalized spacial score (nSPS) is 11.9. The Morgan fingerprint density at radius 3 is 2.34 bits per heavy atom. The number of rotatable bonds is 7. The molecule has 9 nitrogen and oxygen atoms in total. The molecule has 0 spiro atoms. The smallest absolute Gasteiger partial charge is 0.322 e. The van der Waals surface area contributed by atoms with Gasteiger partial charge < -0.3 is 4.42 Å². The highest BCUT2D eigenvalue weighted by Gasteiger charge is 2.18. The molecule has 11 heteroatoms. The van der Waals surface area contributed by atoms with Crippen molar-refractivity contribution in [3.8, 4) is 0 Å². The summed E-state index contributed by atoms with van der Waals surface area (Å²) in [5.41, 5.74) is 0.0966. The third-order valence-corrected chi connectivity index (χ3v) is 6.74. The molecule has 3 rings (SSSR count). The molecule has 1 aromatic heterocycles. The largest absolute Gasteiger partial charge is 0.408 e. The number of benzene rings is 2. The van der Waals surface area contributed by atoms with Crippen LogP contribution in [0.3, 0.4) is 0 Å². The van der Waals surface area contributed by atoms with Crippen LogP contribution in [0, 0.1) is 0 Å². The number of hydrogen-bond acceptors (Lipinski definition) is 8. The van der Waals surface area contributed by atoms with Crippen LogP contribution in [-0.2, 0) is 26.1 Å². The lowest BCUT2D eigenvalue weighted by atomic mass is 10.2. The molecule has 0 atom stereocenters. The molecule has 2 aromatic carbocycles. The van der Waals surface area contributed by atoms with Crippen molar-refractivity contribution in [3.63, 3.8) is 0 Å². The number of aryl methyl sites for hydroxylation is 1. The van der Waals surface area contributed by atoms with E-state index in [2.05, 4.69) is 15.5 Å². The molecule has 0 aliphatic rings. The number of amides is 1. The molecule has 3 aromatic rings. The summed E-state index contributed by atoms with van der Waals surface area (Å²) in [5.74, 6) is -0.824. The molecule has 0 fully saturated rings. The van der Waals surface area contributed by atoms with Gasteiger partial charge in [0.25, 0.3) is 5.91 Å². The SMILES string of the molecule is CS(=O)(=O)c1cccc(C(=O)Nc2nnc(CCS(=O)(=O)c3ccccc3)o2)c1. The van der Waals surface area contributed by atoms with Gasteiger partial charge in [-0.25, -0.2) is 16.8 Å². The number of sulfone groups is 2. The van der Waals surface area contributed by atoms with E-state index < -0.39 is 25.6 Å². The first kappa shape index (κ1) is 20.7. The Kier molecular flexibility index (Phi) is 5.80.